The van der Waals surface area contributed by atoms with Crippen LogP contribution in [-0.4, -0.2) is 54.0 Å². The van der Waals surface area contributed by atoms with Crippen molar-refractivity contribution >= 4 is 0 Å². The highest BCUT2D eigenvalue weighted by molar-refractivity contribution is 4.65. The summed E-state index contributed by atoms with van der Waals surface area (Å²) < 4.78 is 92.1. The maximum Gasteiger partial charge on any atom is 0.0586 e. The fourth-order valence-electron chi connectivity index (χ4n) is 0.490. The summed E-state index contributed by atoms with van der Waals surface area (Å²) in [4.78, 5) is 33.2. The standard InChI is InChI=1S/C6H12N6O3/c13-7-10-1-2-11(8-14)5-6-12(9-15)4-3-10/h1-6H2/i1D2,2D2,3D2,4D2,5D2,6D2. The molecule has 0 amide bonds. The average molecular weight is 228 g/mol. The fraction of sp³-hybridized carbons (Fsp3) is 1.00. The van der Waals surface area contributed by atoms with E-state index in [1.807, 2.05) is 15.9 Å². The number of nitrogens with zero attached hydrogens (tertiary/aromatic N) is 6. The van der Waals surface area contributed by atoms with E-state index in [9.17, 15) is 14.7 Å². The van der Waals surface area contributed by atoms with Gasteiger partial charge in [-0.05, 0) is 0 Å². The minimum absolute atomic E-state index is 0.978. The first-order valence-electron chi connectivity index (χ1n) is 9.24. The van der Waals surface area contributed by atoms with Crippen molar-refractivity contribution in [3.63, 3.8) is 0 Å². The molecule has 84 valence electrons. The molecule has 0 aliphatic carbocycles. The minimum atomic E-state index is -4.10. The Labute approximate surface area is 103 Å². The van der Waals surface area contributed by atoms with Gasteiger partial charge in [0.25, 0.3) is 0 Å². The Balaban J connectivity index is 4.13. The molecule has 0 aromatic carbocycles. The number of hydrogen-bond donors (Lipinski definition) is 0. The molecule has 0 atom stereocenters. The van der Waals surface area contributed by atoms with Crippen LogP contribution in [0, 0.1) is 14.7 Å². The Morgan fingerprint density at radius 3 is 1.00 bits per heavy atom. The van der Waals surface area contributed by atoms with Crippen LogP contribution in [0.1, 0.15) is 16.4 Å². The van der Waals surface area contributed by atoms with Gasteiger partial charge in [-0.25, -0.2) is 0 Å². The Morgan fingerprint density at radius 1 is 0.667 bits per heavy atom. The first-order chi connectivity index (χ1) is 11.8. The van der Waals surface area contributed by atoms with Crippen LogP contribution in [0.3, 0.4) is 0 Å². The van der Waals surface area contributed by atoms with Crippen LogP contribution in [0.25, 0.3) is 0 Å². The highest BCUT2D eigenvalue weighted by atomic mass is 16.3. The maximum atomic E-state index is 11.1. The molecule has 0 N–H and O–H groups in total. The van der Waals surface area contributed by atoms with Crippen molar-refractivity contribution in [1.82, 2.24) is 15.0 Å². The van der Waals surface area contributed by atoms with Gasteiger partial charge in [-0.15, -0.1) is 14.7 Å². The summed E-state index contributed by atoms with van der Waals surface area (Å²) in [5, 5.41) is 2.73. The molecular formula is C6H12N6O3. The van der Waals surface area contributed by atoms with Gasteiger partial charge in [0.15, 0.2) is 0 Å². The van der Waals surface area contributed by atoms with Crippen molar-refractivity contribution in [2.24, 2.45) is 15.9 Å². The van der Waals surface area contributed by atoms with E-state index in [2.05, 4.69) is 0 Å². The maximum absolute atomic E-state index is 11.1. The summed E-state index contributed by atoms with van der Waals surface area (Å²) in [7, 11) is 0. The van der Waals surface area contributed by atoms with Crippen molar-refractivity contribution in [1.29, 1.82) is 0 Å². The lowest BCUT2D eigenvalue weighted by Gasteiger charge is -2.16. The van der Waals surface area contributed by atoms with Gasteiger partial charge < -0.3 is 0 Å². The largest absolute Gasteiger partial charge is 0.257 e. The number of nitroso groups, excluding NO2 is 3. The third-order valence-corrected chi connectivity index (χ3v) is 1.03. The van der Waals surface area contributed by atoms with Gasteiger partial charge in [0.2, 0.25) is 0 Å². The Morgan fingerprint density at radius 2 is 0.867 bits per heavy atom. The summed E-state index contributed by atoms with van der Waals surface area (Å²) in [6, 6.07) is 0. The van der Waals surface area contributed by atoms with Crippen molar-refractivity contribution < 1.29 is 16.4 Å². The highest BCUT2D eigenvalue weighted by Crippen LogP contribution is 2.00. The normalized spacial score (nSPS) is 50.8. The van der Waals surface area contributed by atoms with E-state index >= 15 is 0 Å². The second-order valence-electron chi connectivity index (χ2n) is 1.85. The van der Waals surface area contributed by atoms with E-state index in [0.29, 0.717) is 0 Å². The van der Waals surface area contributed by atoms with Crippen molar-refractivity contribution in [3.05, 3.63) is 14.7 Å². The molecule has 0 aromatic rings. The molecule has 0 aromatic heterocycles. The summed E-state index contributed by atoms with van der Waals surface area (Å²) in [5.41, 5.74) is 0. The van der Waals surface area contributed by atoms with Gasteiger partial charge >= 0.3 is 0 Å². The van der Waals surface area contributed by atoms with Crippen LogP contribution in [0.15, 0.2) is 15.9 Å². The van der Waals surface area contributed by atoms with E-state index in [0.717, 1.165) is 0 Å². The summed E-state index contributed by atoms with van der Waals surface area (Å²) >= 11 is 0. The predicted molar refractivity (Wildman–Crippen MR) is 52.1 cm³/mol. The van der Waals surface area contributed by atoms with Crippen LogP contribution < -0.4 is 0 Å². The SMILES string of the molecule is [2H]C1([2H])N(N=O)C([2H])([2H])C([2H])([2H])N(N=O)C([2H])([2H])C([2H])([2H])N(N=O)C1([2H])[2H]. The Bertz CT molecular complexity index is 514. The fourth-order valence-corrected chi connectivity index (χ4v) is 0.490. The van der Waals surface area contributed by atoms with Gasteiger partial charge in [-0.1, -0.05) is 0 Å². The molecule has 0 bridgehead atoms. The zero-order chi connectivity index (χ0) is 21.9. The lowest BCUT2D eigenvalue weighted by atomic mass is 10.5. The van der Waals surface area contributed by atoms with Crippen LogP contribution in [0.5, 0.6) is 0 Å². The molecule has 1 rings (SSSR count). The molecule has 0 unspecified atom stereocenters. The van der Waals surface area contributed by atoms with Crippen LogP contribution in [-0.2, 0) is 0 Å². The monoisotopic (exact) mass is 228 g/mol. The van der Waals surface area contributed by atoms with Crippen LogP contribution >= 0.6 is 0 Å². The molecule has 1 fully saturated rings. The van der Waals surface area contributed by atoms with Crippen LogP contribution in [0.2, 0.25) is 0 Å². The zero-order valence-corrected chi connectivity index (χ0v) is 6.91. The molecule has 0 radical (unpaired) electrons. The van der Waals surface area contributed by atoms with E-state index < -0.39 is 54.0 Å². The molecular weight excluding hydrogens is 204 g/mol. The van der Waals surface area contributed by atoms with Gasteiger partial charge in [-0.2, -0.15) is 0 Å². The minimum Gasteiger partial charge on any atom is -0.257 e. The lowest BCUT2D eigenvalue weighted by Crippen LogP contribution is -2.29. The van der Waals surface area contributed by atoms with E-state index in [1.54, 1.807) is 0 Å². The van der Waals surface area contributed by atoms with Gasteiger partial charge in [0, 0.05) is 0 Å². The molecule has 9 heteroatoms. The molecule has 15 heavy (non-hydrogen) atoms. The molecule has 0 saturated carbocycles. The molecule has 1 aliphatic rings. The third kappa shape index (κ3) is 3.44. The Kier molecular flexibility index (Phi) is 1.20. The average Bonchev–Trinajstić information content (AvgIpc) is 2.46. The Hall–Kier alpha value is -1.80. The van der Waals surface area contributed by atoms with E-state index in [-0.39, 0.29) is 0 Å². The summed E-state index contributed by atoms with van der Waals surface area (Å²) in [5.74, 6) is 0. The molecule has 1 heterocycles. The third-order valence-electron chi connectivity index (χ3n) is 1.03. The van der Waals surface area contributed by atoms with Crippen molar-refractivity contribution in [2.45, 2.75) is 0 Å². The van der Waals surface area contributed by atoms with Gasteiger partial charge in [-0.3, -0.25) is 15.0 Å². The van der Waals surface area contributed by atoms with E-state index in [1.165, 1.54) is 0 Å². The molecule has 0 spiro atoms. The van der Waals surface area contributed by atoms with Gasteiger partial charge in [0.05, 0.1) is 71.3 Å². The zero-order valence-electron chi connectivity index (χ0n) is 18.9. The van der Waals surface area contributed by atoms with Crippen molar-refractivity contribution in [2.75, 3.05) is 39.0 Å². The van der Waals surface area contributed by atoms with Gasteiger partial charge in [0.1, 0.15) is 0 Å². The molecule has 1 aliphatic heterocycles. The van der Waals surface area contributed by atoms with E-state index in [4.69, 9.17) is 16.4 Å². The van der Waals surface area contributed by atoms with Crippen LogP contribution in [0.4, 0.5) is 0 Å². The quantitative estimate of drug-likeness (QED) is 0.628. The highest BCUT2D eigenvalue weighted by Gasteiger charge is 2.15. The second kappa shape index (κ2) is 5.83. The first kappa shape index (κ1) is 3.09. The summed E-state index contributed by atoms with van der Waals surface area (Å²) in [6.45, 7) is -24.6. The smallest absolute Gasteiger partial charge is 0.0586 e. The predicted octanol–water partition coefficient (Wildman–Crippen LogP) is -0.0498. The number of rotatable bonds is 3. The lowest BCUT2D eigenvalue weighted by molar-refractivity contribution is 0.227. The summed E-state index contributed by atoms with van der Waals surface area (Å²) in [6.07, 6.45) is 0. The second-order valence-corrected chi connectivity index (χ2v) is 1.85. The van der Waals surface area contributed by atoms with Crippen molar-refractivity contribution in [3.8, 4) is 0 Å². The topological polar surface area (TPSA) is 98.0 Å². The first-order valence-corrected chi connectivity index (χ1v) is 3.24. The molecule has 9 nitrogen and oxygen atoms in total. The number of hydrogen-bond acceptors (Lipinski definition) is 6. The molecule has 1 saturated heterocycles.